The molecule has 0 bridgehead atoms. The first kappa shape index (κ1) is 6.93. The molecule has 1 atom stereocenters. The standard InChI is InChI=1S/C6H12N2S/c1-3-5-4-9-6(7-2)8-5/h5H,3-4H2,1-2H3,(H,7,8). The van der Waals surface area contributed by atoms with Crippen LogP contribution in [0.25, 0.3) is 0 Å². The SMILES string of the molecule is CCC1CSC(=NC)N1. The van der Waals surface area contributed by atoms with Gasteiger partial charge in [0.1, 0.15) is 0 Å². The number of hydrogen-bond donors (Lipinski definition) is 1. The Kier molecular flexibility index (Phi) is 2.39. The minimum Gasteiger partial charge on any atom is -0.361 e. The summed E-state index contributed by atoms with van der Waals surface area (Å²) >= 11 is 1.81. The third kappa shape index (κ3) is 1.61. The fourth-order valence-electron chi connectivity index (χ4n) is 0.786. The molecule has 1 heterocycles. The molecule has 0 spiro atoms. The lowest BCUT2D eigenvalue weighted by Crippen LogP contribution is -2.25. The molecule has 9 heavy (non-hydrogen) atoms. The highest BCUT2D eigenvalue weighted by atomic mass is 32.2. The van der Waals surface area contributed by atoms with Gasteiger partial charge in [-0.15, -0.1) is 0 Å². The molecular weight excluding hydrogens is 132 g/mol. The van der Waals surface area contributed by atoms with Crippen LogP contribution in [0.2, 0.25) is 0 Å². The number of nitrogens with zero attached hydrogens (tertiary/aromatic N) is 1. The van der Waals surface area contributed by atoms with Crippen LogP contribution in [0.15, 0.2) is 4.99 Å². The lowest BCUT2D eigenvalue weighted by atomic mass is 10.3. The Balaban J connectivity index is 2.38. The van der Waals surface area contributed by atoms with E-state index in [9.17, 15) is 0 Å². The predicted octanol–water partition coefficient (Wildman–Crippen LogP) is 1.09. The van der Waals surface area contributed by atoms with E-state index in [0.29, 0.717) is 6.04 Å². The van der Waals surface area contributed by atoms with Crippen molar-refractivity contribution < 1.29 is 0 Å². The Bertz CT molecular complexity index is 122. The maximum atomic E-state index is 4.05. The molecule has 0 aromatic rings. The van der Waals surface area contributed by atoms with Crippen LogP contribution in [-0.2, 0) is 0 Å². The van der Waals surface area contributed by atoms with Crippen LogP contribution in [0, 0.1) is 0 Å². The molecule has 0 saturated carbocycles. The zero-order valence-corrected chi connectivity index (χ0v) is 6.66. The van der Waals surface area contributed by atoms with Crippen molar-refractivity contribution in [2.45, 2.75) is 19.4 Å². The van der Waals surface area contributed by atoms with Gasteiger partial charge in [-0.3, -0.25) is 4.99 Å². The van der Waals surface area contributed by atoms with Crippen molar-refractivity contribution in [2.75, 3.05) is 12.8 Å². The van der Waals surface area contributed by atoms with Crippen LogP contribution < -0.4 is 5.32 Å². The largest absolute Gasteiger partial charge is 0.361 e. The summed E-state index contributed by atoms with van der Waals surface area (Å²) in [6.07, 6.45) is 1.20. The molecule has 1 rings (SSSR count). The van der Waals surface area contributed by atoms with Gasteiger partial charge in [0.15, 0.2) is 5.17 Å². The summed E-state index contributed by atoms with van der Waals surface area (Å²) in [5.41, 5.74) is 0. The minimum atomic E-state index is 0.661. The molecule has 1 unspecified atom stereocenters. The number of aliphatic imine (C=N–C) groups is 1. The summed E-state index contributed by atoms with van der Waals surface area (Å²) in [6.45, 7) is 2.19. The summed E-state index contributed by atoms with van der Waals surface area (Å²) in [5, 5.41) is 4.40. The second kappa shape index (κ2) is 3.11. The lowest BCUT2D eigenvalue weighted by molar-refractivity contribution is 0.668. The maximum Gasteiger partial charge on any atom is 0.156 e. The molecule has 2 nitrogen and oxygen atoms in total. The van der Waals surface area contributed by atoms with E-state index in [0.717, 1.165) is 5.17 Å². The quantitative estimate of drug-likeness (QED) is 0.595. The minimum absolute atomic E-state index is 0.661. The van der Waals surface area contributed by atoms with Gasteiger partial charge in [-0.25, -0.2) is 0 Å². The highest BCUT2D eigenvalue weighted by Crippen LogP contribution is 2.14. The van der Waals surface area contributed by atoms with Gasteiger partial charge in [0.2, 0.25) is 0 Å². The van der Waals surface area contributed by atoms with Crippen LogP contribution in [0.1, 0.15) is 13.3 Å². The van der Waals surface area contributed by atoms with E-state index in [1.807, 2.05) is 18.8 Å². The Morgan fingerprint density at radius 2 is 2.67 bits per heavy atom. The molecule has 1 saturated heterocycles. The molecule has 1 aliphatic rings. The monoisotopic (exact) mass is 144 g/mol. The summed E-state index contributed by atoms with van der Waals surface area (Å²) < 4.78 is 0. The number of rotatable bonds is 1. The molecule has 0 aromatic heterocycles. The number of thioether (sulfide) groups is 1. The van der Waals surface area contributed by atoms with Gasteiger partial charge >= 0.3 is 0 Å². The van der Waals surface area contributed by atoms with Crippen molar-refractivity contribution in [3.05, 3.63) is 0 Å². The van der Waals surface area contributed by atoms with Crippen molar-refractivity contribution in [1.29, 1.82) is 0 Å². The highest BCUT2D eigenvalue weighted by molar-refractivity contribution is 8.14. The van der Waals surface area contributed by atoms with Crippen molar-refractivity contribution in [3.8, 4) is 0 Å². The van der Waals surface area contributed by atoms with Crippen LogP contribution in [0.5, 0.6) is 0 Å². The van der Waals surface area contributed by atoms with E-state index >= 15 is 0 Å². The summed E-state index contributed by atoms with van der Waals surface area (Å²) in [4.78, 5) is 4.05. The molecule has 1 N–H and O–H groups in total. The molecule has 52 valence electrons. The van der Waals surface area contributed by atoms with Crippen molar-refractivity contribution in [2.24, 2.45) is 4.99 Å². The first-order valence-corrected chi connectivity index (χ1v) is 4.21. The first-order valence-electron chi connectivity index (χ1n) is 3.23. The molecule has 1 fully saturated rings. The fourth-order valence-corrected chi connectivity index (χ4v) is 1.84. The molecule has 0 aliphatic carbocycles. The van der Waals surface area contributed by atoms with E-state index in [1.165, 1.54) is 12.2 Å². The van der Waals surface area contributed by atoms with E-state index < -0.39 is 0 Å². The molecule has 3 heteroatoms. The van der Waals surface area contributed by atoms with Gasteiger partial charge in [-0.1, -0.05) is 18.7 Å². The average Bonchev–Trinajstić information content (AvgIpc) is 2.34. The second-order valence-electron chi connectivity index (χ2n) is 2.09. The molecule has 0 radical (unpaired) electrons. The highest BCUT2D eigenvalue weighted by Gasteiger charge is 2.16. The number of hydrogen-bond acceptors (Lipinski definition) is 2. The van der Waals surface area contributed by atoms with E-state index in [2.05, 4.69) is 17.2 Å². The van der Waals surface area contributed by atoms with Crippen LogP contribution in [-0.4, -0.2) is 24.0 Å². The van der Waals surface area contributed by atoms with E-state index in [4.69, 9.17) is 0 Å². The first-order chi connectivity index (χ1) is 4.36. The number of amidine groups is 1. The summed E-state index contributed by atoms with van der Waals surface area (Å²) in [5.74, 6) is 1.18. The fraction of sp³-hybridized carbons (Fsp3) is 0.833. The van der Waals surface area contributed by atoms with E-state index in [1.54, 1.807) is 0 Å². The Morgan fingerprint density at radius 1 is 1.89 bits per heavy atom. The summed E-state index contributed by atoms with van der Waals surface area (Å²) in [6, 6.07) is 0.661. The molecule has 0 aromatic carbocycles. The van der Waals surface area contributed by atoms with Crippen molar-refractivity contribution in [3.63, 3.8) is 0 Å². The second-order valence-corrected chi connectivity index (χ2v) is 3.10. The zero-order chi connectivity index (χ0) is 6.69. The van der Waals surface area contributed by atoms with Crippen molar-refractivity contribution in [1.82, 2.24) is 5.32 Å². The third-order valence-corrected chi connectivity index (χ3v) is 2.59. The summed E-state index contributed by atoms with van der Waals surface area (Å²) in [7, 11) is 1.83. The Morgan fingerprint density at radius 3 is 3.00 bits per heavy atom. The zero-order valence-electron chi connectivity index (χ0n) is 5.85. The van der Waals surface area contributed by atoms with Crippen LogP contribution in [0.4, 0.5) is 0 Å². The smallest absolute Gasteiger partial charge is 0.156 e. The van der Waals surface area contributed by atoms with Gasteiger partial charge in [0.25, 0.3) is 0 Å². The Hall–Kier alpha value is -0.180. The predicted molar refractivity (Wildman–Crippen MR) is 43.0 cm³/mol. The van der Waals surface area contributed by atoms with Crippen molar-refractivity contribution >= 4 is 16.9 Å². The topological polar surface area (TPSA) is 24.4 Å². The van der Waals surface area contributed by atoms with E-state index in [-0.39, 0.29) is 0 Å². The normalized spacial score (nSPS) is 30.9. The molecular formula is C6H12N2S. The van der Waals surface area contributed by atoms with Gasteiger partial charge < -0.3 is 5.32 Å². The average molecular weight is 144 g/mol. The third-order valence-electron chi connectivity index (χ3n) is 1.44. The lowest BCUT2D eigenvalue weighted by Gasteiger charge is -2.03. The number of nitrogens with one attached hydrogen (secondary N) is 1. The van der Waals surface area contributed by atoms with Crippen LogP contribution >= 0.6 is 11.8 Å². The van der Waals surface area contributed by atoms with Crippen LogP contribution in [0.3, 0.4) is 0 Å². The Labute approximate surface area is 60.1 Å². The molecule has 1 aliphatic heterocycles. The van der Waals surface area contributed by atoms with Gasteiger partial charge in [-0.2, -0.15) is 0 Å². The van der Waals surface area contributed by atoms with Gasteiger partial charge in [0, 0.05) is 18.8 Å². The molecule has 0 amide bonds. The maximum absolute atomic E-state index is 4.05. The van der Waals surface area contributed by atoms with Gasteiger partial charge in [-0.05, 0) is 6.42 Å². The van der Waals surface area contributed by atoms with Gasteiger partial charge in [0.05, 0.1) is 0 Å².